The third-order valence-corrected chi connectivity index (χ3v) is 4.16. The first-order valence-corrected chi connectivity index (χ1v) is 8.56. The predicted molar refractivity (Wildman–Crippen MR) is 82.3 cm³/mol. The Labute approximate surface area is 129 Å². The van der Waals surface area contributed by atoms with Crippen molar-refractivity contribution in [1.82, 2.24) is 5.32 Å². The molecule has 1 atom stereocenters. The first-order valence-electron chi connectivity index (χ1n) is 6.67. The molecular formula is C15H19NO5S. The lowest BCUT2D eigenvalue weighted by molar-refractivity contribution is -0.141. The lowest BCUT2D eigenvalue weighted by Gasteiger charge is -2.13. The maximum Gasteiger partial charge on any atom is 0.326 e. The standard InChI is InChI=1S/C15H19NO5S/c1-3-4-8-12(15(18)19)16-14(17)10-11-7-5-6-9-13(11)22(2,20)21/h3-7,9,12H,8,10H2,1-2H3,(H,16,17)(H,18,19)/b4-3+. The van der Waals surface area contributed by atoms with E-state index in [4.69, 9.17) is 5.11 Å². The normalized spacial score (nSPS) is 13.0. The number of hydrogen-bond donors (Lipinski definition) is 2. The average Bonchev–Trinajstić information content (AvgIpc) is 2.42. The quantitative estimate of drug-likeness (QED) is 0.733. The second-order valence-corrected chi connectivity index (χ2v) is 6.80. The van der Waals surface area contributed by atoms with Crippen molar-refractivity contribution in [2.24, 2.45) is 0 Å². The van der Waals surface area contributed by atoms with E-state index < -0.39 is 27.8 Å². The largest absolute Gasteiger partial charge is 0.480 e. The van der Waals surface area contributed by atoms with Crippen molar-refractivity contribution in [3.63, 3.8) is 0 Å². The zero-order chi connectivity index (χ0) is 16.8. The Morgan fingerprint density at radius 2 is 1.95 bits per heavy atom. The molecule has 0 aliphatic carbocycles. The fourth-order valence-electron chi connectivity index (χ4n) is 1.92. The Morgan fingerprint density at radius 3 is 2.50 bits per heavy atom. The second kappa shape index (κ2) is 7.74. The molecule has 1 rings (SSSR count). The first kappa shape index (κ1) is 17.9. The Bertz CT molecular complexity index is 679. The molecule has 1 aromatic rings. The molecular weight excluding hydrogens is 306 g/mol. The molecule has 0 spiro atoms. The van der Waals surface area contributed by atoms with Crippen molar-refractivity contribution in [2.75, 3.05) is 6.26 Å². The molecule has 22 heavy (non-hydrogen) atoms. The molecule has 120 valence electrons. The van der Waals surface area contributed by atoms with Gasteiger partial charge in [0.25, 0.3) is 0 Å². The Hall–Kier alpha value is -2.15. The molecule has 0 heterocycles. The highest BCUT2D eigenvalue weighted by atomic mass is 32.2. The van der Waals surface area contributed by atoms with Crippen LogP contribution in [-0.4, -0.2) is 37.7 Å². The number of benzene rings is 1. The molecule has 0 saturated carbocycles. The number of amides is 1. The molecule has 1 unspecified atom stereocenters. The minimum Gasteiger partial charge on any atom is -0.480 e. The number of aliphatic carboxylic acids is 1. The minimum atomic E-state index is -3.45. The summed E-state index contributed by atoms with van der Waals surface area (Å²) in [5, 5.41) is 11.4. The van der Waals surface area contributed by atoms with Crippen molar-refractivity contribution in [3.05, 3.63) is 42.0 Å². The number of carbonyl (C=O) groups is 2. The summed E-state index contributed by atoms with van der Waals surface area (Å²) in [7, 11) is -3.45. The lowest BCUT2D eigenvalue weighted by Crippen LogP contribution is -2.41. The van der Waals surface area contributed by atoms with Gasteiger partial charge in [0.15, 0.2) is 9.84 Å². The molecule has 0 bridgehead atoms. The van der Waals surface area contributed by atoms with Crippen LogP contribution >= 0.6 is 0 Å². The van der Waals surface area contributed by atoms with E-state index in [9.17, 15) is 18.0 Å². The number of nitrogens with one attached hydrogen (secondary N) is 1. The van der Waals surface area contributed by atoms with Gasteiger partial charge in [-0.1, -0.05) is 30.4 Å². The molecule has 6 nitrogen and oxygen atoms in total. The molecule has 2 N–H and O–H groups in total. The van der Waals surface area contributed by atoms with Crippen molar-refractivity contribution in [3.8, 4) is 0 Å². The van der Waals surface area contributed by atoms with E-state index in [0.717, 1.165) is 6.26 Å². The zero-order valence-electron chi connectivity index (χ0n) is 12.4. The Balaban J connectivity index is 2.87. The maximum absolute atomic E-state index is 12.0. The number of carboxylic acid groups (broad SMARTS) is 1. The van der Waals surface area contributed by atoms with E-state index >= 15 is 0 Å². The van der Waals surface area contributed by atoms with Gasteiger partial charge in [0.2, 0.25) is 5.91 Å². The van der Waals surface area contributed by atoms with Gasteiger partial charge < -0.3 is 10.4 Å². The zero-order valence-corrected chi connectivity index (χ0v) is 13.3. The number of hydrogen-bond acceptors (Lipinski definition) is 4. The monoisotopic (exact) mass is 325 g/mol. The number of sulfone groups is 1. The molecule has 0 saturated heterocycles. The van der Waals surface area contributed by atoms with Crippen molar-refractivity contribution >= 4 is 21.7 Å². The second-order valence-electron chi connectivity index (χ2n) is 4.82. The smallest absolute Gasteiger partial charge is 0.326 e. The van der Waals surface area contributed by atoms with Crippen LogP contribution in [0.5, 0.6) is 0 Å². The van der Waals surface area contributed by atoms with Crippen LogP contribution < -0.4 is 5.32 Å². The molecule has 0 aliphatic rings. The molecule has 0 aliphatic heterocycles. The summed E-state index contributed by atoms with van der Waals surface area (Å²) < 4.78 is 23.3. The van der Waals surface area contributed by atoms with Crippen molar-refractivity contribution in [1.29, 1.82) is 0 Å². The van der Waals surface area contributed by atoms with Crippen LogP contribution in [0.25, 0.3) is 0 Å². The van der Waals surface area contributed by atoms with Gasteiger partial charge in [0.05, 0.1) is 11.3 Å². The van der Waals surface area contributed by atoms with E-state index in [2.05, 4.69) is 5.32 Å². The van der Waals surface area contributed by atoms with Crippen LogP contribution in [0.2, 0.25) is 0 Å². The third kappa shape index (κ3) is 5.33. The highest BCUT2D eigenvalue weighted by molar-refractivity contribution is 7.90. The van der Waals surface area contributed by atoms with Crippen LogP contribution in [0.4, 0.5) is 0 Å². The lowest BCUT2D eigenvalue weighted by atomic mass is 10.1. The SMILES string of the molecule is C/C=C/CC(NC(=O)Cc1ccccc1S(C)(=O)=O)C(=O)O. The highest BCUT2D eigenvalue weighted by Crippen LogP contribution is 2.15. The minimum absolute atomic E-state index is 0.0745. The molecule has 0 fully saturated rings. The summed E-state index contributed by atoms with van der Waals surface area (Å²) in [5.41, 5.74) is 0.345. The number of carboxylic acids is 1. The van der Waals surface area contributed by atoms with Crippen molar-refractivity contribution < 1.29 is 23.1 Å². The highest BCUT2D eigenvalue weighted by Gasteiger charge is 2.20. The summed E-state index contributed by atoms with van der Waals surface area (Å²) in [6.45, 7) is 1.75. The van der Waals surface area contributed by atoms with Gasteiger partial charge in [0, 0.05) is 6.26 Å². The van der Waals surface area contributed by atoms with Gasteiger partial charge in [-0.05, 0) is 25.0 Å². The topological polar surface area (TPSA) is 101 Å². The predicted octanol–water partition coefficient (Wildman–Crippen LogP) is 1.17. The number of rotatable bonds is 7. The van der Waals surface area contributed by atoms with Crippen LogP contribution in [0.3, 0.4) is 0 Å². The number of carbonyl (C=O) groups excluding carboxylic acids is 1. The molecule has 7 heteroatoms. The van der Waals surface area contributed by atoms with Crippen LogP contribution in [0.1, 0.15) is 18.9 Å². The first-order chi connectivity index (χ1) is 10.3. The van der Waals surface area contributed by atoms with Crippen LogP contribution in [0.15, 0.2) is 41.3 Å². The fraction of sp³-hybridized carbons (Fsp3) is 0.333. The summed E-state index contributed by atoms with van der Waals surface area (Å²) in [4.78, 5) is 23.1. The summed E-state index contributed by atoms with van der Waals surface area (Å²) in [6.07, 6.45) is 4.38. The third-order valence-electron chi connectivity index (χ3n) is 2.96. The maximum atomic E-state index is 12.0. The summed E-state index contributed by atoms with van der Waals surface area (Å²) in [6, 6.07) is 5.13. The van der Waals surface area contributed by atoms with Crippen LogP contribution in [-0.2, 0) is 25.8 Å². The van der Waals surface area contributed by atoms with Crippen LogP contribution in [0, 0.1) is 0 Å². The van der Waals surface area contributed by atoms with Gasteiger partial charge in [-0.2, -0.15) is 0 Å². The van der Waals surface area contributed by atoms with Gasteiger partial charge in [-0.15, -0.1) is 0 Å². The molecule has 1 aromatic carbocycles. The summed E-state index contributed by atoms with van der Waals surface area (Å²) in [5.74, 6) is -1.67. The van der Waals surface area contributed by atoms with Crippen molar-refractivity contribution in [2.45, 2.75) is 30.7 Å². The summed E-state index contributed by atoms with van der Waals surface area (Å²) >= 11 is 0. The van der Waals surface area contributed by atoms with Gasteiger partial charge in [-0.25, -0.2) is 13.2 Å². The average molecular weight is 325 g/mol. The van der Waals surface area contributed by atoms with Gasteiger partial charge in [0.1, 0.15) is 6.04 Å². The molecule has 0 radical (unpaired) electrons. The number of allylic oxidation sites excluding steroid dienone is 1. The molecule has 0 aromatic heterocycles. The van der Waals surface area contributed by atoms with E-state index in [1.165, 1.54) is 12.1 Å². The molecule has 1 amide bonds. The van der Waals surface area contributed by atoms with Gasteiger partial charge >= 0.3 is 5.97 Å². The Kier molecular flexibility index (Phi) is 6.30. The van der Waals surface area contributed by atoms with E-state index in [-0.39, 0.29) is 17.7 Å². The van der Waals surface area contributed by atoms with E-state index in [1.807, 2.05) is 0 Å². The van der Waals surface area contributed by atoms with E-state index in [0.29, 0.717) is 5.56 Å². The van der Waals surface area contributed by atoms with E-state index in [1.54, 1.807) is 31.2 Å². The Morgan fingerprint density at radius 1 is 1.32 bits per heavy atom. The fourth-order valence-corrected chi connectivity index (χ4v) is 2.87. The van der Waals surface area contributed by atoms with Gasteiger partial charge in [-0.3, -0.25) is 4.79 Å².